The van der Waals surface area contributed by atoms with Crippen LogP contribution in [0, 0.1) is 13.8 Å². The first kappa shape index (κ1) is 22.1. The number of carbonyl (C=O) groups is 2. The molecule has 1 heterocycles. The molecule has 0 atom stereocenters. The van der Waals surface area contributed by atoms with Gasteiger partial charge in [-0.3, -0.25) is 9.59 Å². The first-order valence-corrected chi connectivity index (χ1v) is 9.49. The van der Waals surface area contributed by atoms with Crippen LogP contribution in [0.2, 0.25) is 0 Å². The van der Waals surface area contributed by atoms with Crippen molar-refractivity contribution in [1.82, 2.24) is 4.90 Å². The Kier molecular flexibility index (Phi) is 6.48. The van der Waals surface area contributed by atoms with E-state index in [4.69, 9.17) is 4.42 Å². The van der Waals surface area contributed by atoms with Gasteiger partial charge in [-0.2, -0.15) is 13.2 Å². The minimum absolute atomic E-state index is 0.00679. The average Bonchev–Trinajstić information content (AvgIpc) is 3.19. The van der Waals surface area contributed by atoms with Gasteiger partial charge in [0.05, 0.1) is 24.1 Å². The lowest BCUT2D eigenvalue weighted by atomic mass is 10.1. The Balaban J connectivity index is 1.84. The Morgan fingerprint density at radius 3 is 2.29 bits per heavy atom. The zero-order valence-corrected chi connectivity index (χ0v) is 17.0. The van der Waals surface area contributed by atoms with Crippen LogP contribution < -0.4 is 5.32 Å². The van der Waals surface area contributed by atoms with E-state index in [9.17, 15) is 22.8 Å². The number of alkyl halides is 3. The second-order valence-electron chi connectivity index (χ2n) is 7.21. The lowest BCUT2D eigenvalue weighted by molar-refractivity contribution is -0.137. The molecule has 3 rings (SSSR count). The largest absolute Gasteiger partial charge is 0.467 e. The smallest absolute Gasteiger partial charge is 0.418 e. The SMILES string of the molecule is Cc1cc(C)cc(C(=O)N(CC(=O)Nc2ccccc2C(F)(F)F)Cc2ccco2)c1. The van der Waals surface area contributed by atoms with Gasteiger partial charge in [0.2, 0.25) is 5.91 Å². The summed E-state index contributed by atoms with van der Waals surface area (Å²) in [6.07, 6.45) is -3.18. The second-order valence-corrected chi connectivity index (χ2v) is 7.21. The van der Waals surface area contributed by atoms with Crippen molar-refractivity contribution in [2.24, 2.45) is 0 Å². The Morgan fingerprint density at radius 2 is 1.68 bits per heavy atom. The summed E-state index contributed by atoms with van der Waals surface area (Å²) < 4.78 is 44.9. The predicted octanol–water partition coefficient (Wildman–Crippen LogP) is 5.20. The lowest BCUT2D eigenvalue weighted by Crippen LogP contribution is -2.37. The van der Waals surface area contributed by atoms with Gasteiger partial charge in [0.1, 0.15) is 12.3 Å². The number of halogens is 3. The molecule has 162 valence electrons. The summed E-state index contributed by atoms with van der Waals surface area (Å²) in [4.78, 5) is 26.9. The molecule has 0 bridgehead atoms. The number of furan rings is 1. The molecule has 0 saturated carbocycles. The van der Waals surface area contributed by atoms with Gasteiger partial charge >= 0.3 is 6.18 Å². The van der Waals surface area contributed by atoms with Gasteiger partial charge in [-0.15, -0.1) is 0 Å². The molecule has 0 aliphatic heterocycles. The third-order valence-electron chi connectivity index (χ3n) is 4.52. The van der Waals surface area contributed by atoms with Crippen LogP contribution in [0.1, 0.15) is 32.8 Å². The molecule has 0 aliphatic carbocycles. The number of benzene rings is 2. The van der Waals surface area contributed by atoms with Crippen molar-refractivity contribution in [2.45, 2.75) is 26.6 Å². The quantitative estimate of drug-likeness (QED) is 0.585. The number of aryl methyl sites for hydroxylation is 2. The van der Waals surface area contributed by atoms with Crippen LogP contribution in [0.4, 0.5) is 18.9 Å². The summed E-state index contributed by atoms with van der Waals surface area (Å²) in [5.74, 6) is -0.732. The van der Waals surface area contributed by atoms with Gasteiger partial charge in [0, 0.05) is 5.56 Å². The van der Waals surface area contributed by atoms with Gasteiger partial charge in [-0.1, -0.05) is 29.3 Å². The van der Waals surface area contributed by atoms with Crippen molar-refractivity contribution in [3.8, 4) is 0 Å². The van der Waals surface area contributed by atoms with E-state index in [0.29, 0.717) is 11.3 Å². The van der Waals surface area contributed by atoms with Gasteiger partial charge in [0.25, 0.3) is 5.91 Å². The van der Waals surface area contributed by atoms with Crippen molar-refractivity contribution >= 4 is 17.5 Å². The van der Waals surface area contributed by atoms with E-state index in [0.717, 1.165) is 17.2 Å². The van der Waals surface area contributed by atoms with Crippen molar-refractivity contribution in [1.29, 1.82) is 0 Å². The summed E-state index contributed by atoms with van der Waals surface area (Å²) in [7, 11) is 0. The fraction of sp³-hybridized carbons (Fsp3) is 0.217. The first-order valence-electron chi connectivity index (χ1n) is 9.49. The van der Waals surface area contributed by atoms with Crippen LogP contribution in [-0.4, -0.2) is 23.3 Å². The summed E-state index contributed by atoms with van der Waals surface area (Å²) in [5.41, 5.74) is 0.820. The van der Waals surface area contributed by atoms with Crippen molar-refractivity contribution in [3.63, 3.8) is 0 Å². The highest BCUT2D eigenvalue weighted by Gasteiger charge is 2.33. The standard InChI is InChI=1S/C23H21F3N2O3/c1-15-10-16(2)12-17(11-15)22(30)28(13-18-6-5-9-31-18)14-21(29)27-20-8-4-3-7-19(20)23(24,25)26/h3-12H,13-14H2,1-2H3,(H,27,29). The van der Waals surface area contributed by atoms with Crippen LogP contribution in [0.25, 0.3) is 0 Å². The number of rotatable bonds is 6. The van der Waals surface area contributed by atoms with Gasteiger partial charge in [-0.05, 0) is 50.2 Å². The highest BCUT2D eigenvalue weighted by atomic mass is 19.4. The minimum Gasteiger partial charge on any atom is -0.467 e. The zero-order chi connectivity index (χ0) is 22.6. The van der Waals surface area contributed by atoms with Gasteiger partial charge in [-0.25, -0.2) is 0 Å². The molecule has 1 N–H and O–H groups in total. The molecule has 2 amide bonds. The average molecular weight is 430 g/mol. The summed E-state index contributed by atoms with van der Waals surface area (Å²) in [5, 5.41) is 2.27. The Hall–Kier alpha value is -3.55. The molecule has 8 heteroatoms. The van der Waals surface area contributed by atoms with E-state index in [-0.39, 0.29) is 12.2 Å². The lowest BCUT2D eigenvalue weighted by Gasteiger charge is -2.22. The van der Waals surface area contributed by atoms with Crippen LogP contribution in [-0.2, 0) is 17.5 Å². The number of amides is 2. The highest BCUT2D eigenvalue weighted by Crippen LogP contribution is 2.34. The van der Waals surface area contributed by atoms with Crippen LogP contribution >= 0.6 is 0 Å². The summed E-state index contributed by atoms with van der Waals surface area (Å²) in [6.45, 7) is 3.24. The molecule has 2 aromatic carbocycles. The topological polar surface area (TPSA) is 62.6 Å². The number of para-hydroxylation sites is 1. The summed E-state index contributed by atoms with van der Waals surface area (Å²) >= 11 is 0. The summed E-state index contributed by atoms with van der Waals surface area (Å²) in [6, 6.07) is 13.3. The molecule has 1 aromatic heterocycles. The fourth-order valence-electron chi connectivity index (χ4n) is 3.27. The molecule has 31 heavy (non-hydrogen) atoms. The molecular formula is C23H21F3N2O3. The van der Waals surface area contributed by atoms with E-state index in [1.54, 1.807) is 24.3 Å². The fourth-order valence-corrected chi connectivity index (χ4v) is 3.27. The van der Waals surface area contributed by atoms with Gasteiger partial charge < -0.3 is 14.6 Å². The number of nitrogens with one attached hydrogen (secondary N) is 1. The maximum atomic E-state index is 13.2. The number of hydrogen-bond donors (Lipinski definition) is 1. The van der Waals surface area contributed by atoms with E-state index in [1.807, 2.05) is 19.9 Å². The third-order valence-corrected chi connectivity index (χ3v) is 4.52. The molecule has 0 unspecified atom stereocenters. The predicted molar refractivity (Wildman–Crippen MR) is 109 cm³/mol. The van der Waals surface area contributed by atoms with Gasteiger partial charge in [0.15, 0.2) is 0 Å². The third kappa shape index (κ3) is 5.75. The number of nitrogens with zero attached hydrogens (tertiary/aromatic N) is 1. The normalized spacial score (nSPS) is 11.3. The molecular weight excluding hydrogens is 409 g/mol. The van der Waals surface area contributed by atoms with Crippen molar-refractivity contribution < 1.29 is 27.2 Å². The number of anilines is 1. The van der Waals surface area contributed by atoms with E-state index < -0.39 is 30.1 Å². The highest BCUT2D eigenvalue weighted by molar-refractivity contribution is 5.99. The van der Waals surface area contributed by atoms with Crippen LogP contribution in [0.5, 0.6) is 0 Å². The molecule has 3 aromatic rings. The number of carbonyl (C=O) groups excluding carboxylic acids is 2. The zero-order valence-electron chi connectivity index (χ0n) is 17.0. The Labute approximate surface area is 177 Å². The van der Waals surface area contributed by atoms with E-state index in [1.165, 1.54) is 29.4 Å². The molecule has 0 radical (unpaired) electrons. The monoisotopic (exact) mass is 430 g/mol. The molecule has 5 nitrogen and oxygen atoms in total. The molecule has 0 aliphatic rings. The Morgan fingerprint density at radius 1 is 1.00 bits per heavy atom. The van der Waals surface area contributed by atoms with Crippen LogP contribution in [0.15, 0.2) is 65.3 Å². The molecule has 0 saturated heterocycles. The maximum absolute atomic E-state index is 13.2. The van der Waals surface area contributed by atoms with Crippen LogP contribution in [0.3, 0.4) is 0 Å². The van der Waals surface area contributed by atoms with Crippen molar-refractivity contribution in [3.05, 3.63) is 88.9 Å². The number of hydrogen-bond acceptors (Lipinski definition) is 3. The first-order chi connectivity index (χ1) is 14.6. The van der Waals surface area contributed by atoms with E-state index in [2.05, 4.69) is 5.32 Å². The van der Waals surface area contributed by atoms with E-state index >= 15 is 0 Å². The maximum Gasteiger partial charge on any atom is 0.418 e. The van der Waals surface area contributed by atoms with Crippen molar-refractivity contribution in [2.75, 3.05) is 11.9 Å². The molecule has 0 spiro atoms. The minimum atomic E-state index is -4.62. The second kappa shape index (κ2) is 9.07. The Bertz CT molecular complexity index is 1060. The molecule has 0 fully saturated rings.